The molecule has 2 unspecified atom stereocenters. The number of hydrogen-bond acceptors (Lipinski definition) is 1. The first-order chi connectivity index (χ1) is 7.79. The summed E-state index contributed by atoms with van der Waals surface area (Å²) in [5, 5.41) is 0. The van der Waals surface area contributed by atoms with E-state index in [2.05, 4.69) is 50.3 Å². The highest BCUT2D eigenvalue weighted by molar-refractivity contribution is 5.18. The number of hydrogen-bond donors (Lipinski definition) is 0. The van der Waals surface area contributed by atoms with Gasteiger partial charge in [0.25, 0.3) is 0 Å². The van der Waals surface area contributed by atoms with Crippen LogP contribution in [-0.2, 0) is 11.2 Å². The van der Waals surface area contributed by atoms with E-state index >= 15 is 0 Å². The fourth-order valence-corrected chi connectivity index (χ4v) is 2.21. The van der Waals surface area contributed by atoms with Crippen molar-refractivity contribution in [1.82, 2.24) is 0 Å². The SMILES string of the molecule is CCC1C=C(C)C(CCc2ccccc2)O1. The van der Waals surface area contributed by atoms with Crippen LogP contribution in [-0.4, -0.2) is 12.2 Å². The minimum absolute atomic E-state index is 0.338. The summed E-state index contributed by atoms with van der Waals surface area (Å²) in [6, 6.07) is 10.6. The zero-order valence-electron chi connectivity index (χ0n) is 10.1. The summed E-state index contributed by atoms with van der Waals surface area (Å²) in [5.74, 6) is 0. The maximum atomic E-state index is 5.95. The third kappa shape index (κ3) is 2.73. The molecule has 2 atom stereocenters. The smallest absolute Gasteiger partial charge is 0.0794 e. The van der Waals surface area contributed by atoms with E-state index in [4.69, 9.17) is 4.74 Å². The van der Waals surface area contributed by atoms with Gasteiger partial charge in [0, 0.05) is 0 Å². The zero-order chi connectivity index (χ0) is 11.4. The van der Waals surface area contributed by atoms with Crippen LogP contribution in [0.15, 0.2) is 42.0 Å². The van der Waals surface area contributed by atoms with Crippen LogP contribution in [0.4, 0.5) is 0 Å². The molecule has 1 aromatic rings. The molecule has 0 bridgehead atoms. The van der Waals surface area contributed by atoms with Crippen molar-refractivity contribution >= 4 is 0 Å². The molecular formula is C15H20O. The van der Waals surface area contributed by atoms with E-state index in [1.54, 1.807) is 0 Å². The third-order valence-corrected chi connectivity index (χ3v) is 3.24. The normalized spacial score (nSPS) is 24.5. The quantitative estimate of drug-likeness (QED) is 0.697. The van der Waals surface area contributed by atoms with Crippen LogP contribution in [0, 0.1) is 0 Å². The molecule has 1 nitrogen and oxygen atoms in total. The summed E-state index contributed by atoms with van der Waals surface area (Å²) in [4.78, 5) is 0. The van der Waals surface area contributed by atoms with Crippen LogP contribution in [0.3, 0.4) is 0 Å². The van der Waals surface area contributed by atoms with Gasteiger partial charge in [-0.3, -0.25) is 0 Å². The van der Waals surface area contributed by atoms with Crippen LogP contribution >= 0.6 is 0 Å². The minimum atomic E-state index is 0.338. The third-order valence-electron chi connectivity index (χ3n) is 3.24. The van der Waals surface area contributed by atoms with Gasteiger partial charge in [-0.05, 0) is 37.3 Å². The lowest BCUT2D eigenvalue weighted by atomic mass is 10.0. The molecule has 16 heavy (non-hydrogen) atoms. The minimum Gasteiger partial charge on any atom is -0.367 e. The highest BCUT2D eigenvalue weighted by Gasteiger charge is 2.22. The van der Waals surface area contributed by atoms with Crippen molar-refractivity contribution in [2.24, 2.45) is 0 Å². The Hall–Kier alpha value is -1.08. The van der Waals surface area contributed by atoms with Crippen molar-refractivity contribution in [2.45, 2.75) is 45.3 Å². The number of aryl methyl sites for hydroxylation is 1. The van der Waals surface area contributed by atoms with Crippen molar-refractivity contribution in [3.8, 4) is 0 Å². The Morgan fingerprint density at radius 1 is 1.19 bits per heavy atom. The van der Waals surface area contributed by atoms with E-state index in [1.807, 2.05) is 0 Å². The summed E-state index contributed by atoms with van der Waals surface area (Å²) in [5.41, 5.74) is 2.81. The van der Waals surface area contributed by atoms with Gasteiger partial charge in [-0.25, -0.2) is 0 Å². The Labute approximate surface area is 98.1 Å². The predicted molar refractivity (Wildman–Crippen MR) is 67.5 cm³/mol. The Kier molecular flexibility index (Phi) is 3.79. The lowest BCUT2D eigenvalue weighted by Gasteiger charge is -2.14. The van der Waals surface area contributed by atoms with Crippen molar-refractivity contribution in [1.29, 1.82) is 0 Å². The average Bonchev–Trinajstić information content (AvgIpc) is 2.69. The Morgan fingerprint density at radius 2 is 1.94 bits per heavy atom. The summed E-state index contributed by atoms with van der Waals surface area (Å²) in [6.45, 7) is 4.36. The van der Waals surface area contributed by atoms with E-state index in [-0.39, 0.29) is 0 Å². The van der Waals surface area contributed by atoms with Gasteiger partial charge in [-0.15, -0.1) is 0 Å². The first-order valence-corrected chi connectivity index (χ1v) is 6.17. The van der Waals surface area contributed by atoms with Crippen LogP contribution in [0.2, 0.25) is 0 Å². The lowest BCUT2D eigenvalue weighted by molar-refractivity contribution is 0.0502. The Morgan fingerprint density at radius 3 is 2.56 bits per heavy atom. The van der Waals surface area contributed by atoms with Crippen molar-refractivity contribution in [3.05, 3.63) is 47.5 Å². The monoisotopic (exact) mass is 216 g/mol. The van der Waals surface area contributed by atoms with Gasteiger partial charge in [-0.1, -0.05) is 43.3 Å². The van der Waals surface area contributed by atoms with Gasteiger partial charge in [0.2, 0.25) is 0 Å². The van der Waals surface area contributed by atoms with E-state index in [0.717, 1.165) is 19.3 Å². The Bertz CT molecular complexity index is 353. The van der Waals surface area contributed by atoms with Gasteiger partial charge in [0.1, 0.15) is 0 Å². The maximum Gasteiger partial charge on any atom is 0.0794 e. The first kappa shape index (κ1) is 11.4. The molecule has 0 radical (unpaired) electrons. The fourth-order valence-electron chi connectivity index (χ4n) is 2.21. The molecule has 0 aliphatic carbocycles. The van der Waals surface area contributed by atoms with Crippen molar-refractivity contribution in [2.75, 3.05) is 0 Å². The maximum absolute atomic E-state index is 5.95. The molecule has 1 heteroatoms. The standard InChI is InChI=1S/C15H20O/c1-3-14-11-12(2)15(16-14)10-9-13-7-5-4-6-8-13/h4-8,11,14-15H,3,9-10H2,1-2H3. The van der Waals surface area contributed by atoms with Crippen molar-refractivity contribution < 1.29 is 4.74 Å². The molecule has 0 N–H and O–H groups in total. The zero-order valence-corrected chi connectivity index (χ0v) is 10.1. The van der Waals surface area contributed by atoms with Crippen LogP contribution in [0.5, 0.6) is 0 Å². The fraction of sp³-hybridized carbons (Fsp3) is 0.467. The first-order valence-electron chi connectivity index (χ1n) is 6.17. The topological polar surface area (TPSA) is 9.23 Å². The van der Waals surface area contributed by atoms with Crippen LogP contribution in [0.25, 0.3) is 0 Å². The van der Waals surface area contributed by atoms with Gasteiger partial charge in [-0.2, -0.15) is 0 Å². The molecule has 0 saturated carbocycles. The predicted octanol–water partition coefficient (Wildman–Crippen LogP) is 3.74. The molecule has 0 spiro atoms. The molecule has 0 amide bonds. The van der Waals surface area contributed by atoms with E-state index in [1.165, 1.54) is 11.1 Å². The molecule has 0 fully saturated rings. The molecule has 0 saturated heterocycles. The molecular weight excluding hydrogens is 196 g/mol. The Balaban J connectivity index is 1.86. The highest BCUT2D eigenvalue weighted by atomic mass is 16.5. The summed E-state index contributed by atoms with van der Waals surface area (Å²) < 4.78 is 5.95. The second-order valence-corrected chi connectivity index (χ2v) is 4.51. The largest absolute Gasteiger partial charge is 0.367 e. The van der Waals surface area contributed by atoms with Gasteiger partial charge < -0.3 is 4.74 Å². The average molecular weight is 216 g/mol. The van der Waals surface area contributed by atoms with E-state index in [0.29, 0.717) is 12.2 Å². The molecule has 1 aliphatic rings. The van der Waals surface area contributed by atoms with Gasteiger partial charge >= 0.3 is 0 Å². The van der Waals surface area contributed by atoms with Crippen LogP contribution in [0.1, 0.15) is 32.3 Å². The van der Waals surface area contributed by atoms with E-state index in [9.17, 15) is 0 Å². The van der Waals surface area contributed by atoms with E-state index < -0.39 is 0 Å². The van der Waals surface area contributed by atoms with Gasteiger partial charge in [0.05, 0.1) is 12.2 Å². The number of ether oxygens (including phenoxy) is 1. The van der Waals surface area contributed by atoms with Crippen LogP contribution < -0.4 is 0 Å². The second-order valence-electron chi connectivity index (χ2n) is 4.51. The second kappa shape index (κ2) is 5.31. The molecule has 86 valence electrons. The lowest BCUT2D eigenvalue weighted by Crippen LogP contribution is -2.14. The highest BCUT2D eigenvalue weighted by Crippen LogP contribution is 2.24. The van der Waals surface area contributed by atoms with Crippen molar-refractivity contribution in [3.63, 3.8) is 0 Å². The molecule has 2 rings (SSSR count). The summed E-state index contributed by atoms with van der Waals surface area (Å²) >= 11 is 0. The van der Waals surface area contributed by atoms with Gasteiger partial charge in [0.15, 0.2) is 0 Å². The molecule has 0 aromatic heterocycles. The molecule has 1 aromatic carbocycles. The number of rotatable bonds is 4. The molecule has 1 heterocycles. The summed E-state index contributed by atoms with van der Waals surface area (Å²) in [7, 11) is 0. The summed E-state index contributed by atoms with van der Waals surface area (Å²) in [6.07, 6.45) is 6.25. The number of benzene rings is 1. The molecule has 1 aliphatic heterocycles.